The summed E-state index contributed by atoms with van der Waals surface area (Å²) in [7, 11) is 0. The standard InChI is InChI=1S/C25H18N2/c1-17-26-23-16-22(18-10-4-2-5-11-18)20-14-8-9-15-21(20)24(23)25(27-17)19-12-6-3-7-13-19/h2-16H,1H3. The van der Waals surface area contributed by atoms with Crippen LogP contribution in [0.15, 0.2) is 91.0 Å². The topological polar surface area (TPSA) is 25.8 Å². The molecule has 0 radical (unpaired) electrons. The van der Waals surface area contributed by atoms with Crippen molar-refractivity contribution in [3.8, 4) is 22.4 Å². The second-order valence-corrected chi connectivity index (χ2v) is 6.72. The van der Waals surface area contributed by atoms with Crippen molar-refractivity contribution in [3.63, 3.8) is 0 Å². The van der Waals surface area contributed by atoms with Gasteiger partial charge in [-0.2, -0.15) is 0 Å². The Bertz CT molecular complexity index is 1260. The van der Waals surface area contributed by atoms with Gasteiger partial charge in [0.1, 0.15) is 5.82 Å². The lowest BCUT2D eigenvalue weighted by atomic mass is 9.93. The molecule has 0 spiro atoms. The maximum atomic E-state index is 4.81. The summed E-state index contributed by atoms with van der Waals surface area (Å²) in [6.45, 7) is 1.96. The van der Waals surface area contributed by atoms with Crippen molar-refractivity contribution in [2.24, 2.45) is 0 Å². The van der Waals surface area contributed by atoms with Gasteiger partial charge in [0.15, 0.2) is 0 Å². The summed E-state index contributed by atoms with van der Waals surface area (Å²) in [6.07, 6.45) is 0. The van der Waals surface area contributed by atoms with Gasteiger partial charge < -0.3 is 0 Å². The van der Waals surface area contributed by atoms with E-state index in [2.05, 4.69) is 78.9 Å². The minimum Gasteiger partial charge on any atom is -0.233 e. The van der Waals surface area contributed by atoms with Gasteiger partial charge in [-0.25, -0.2) is 9.97 Å². The zero-order chi connectivity index (χ0) is 18.2. The molecule has 0 fully saturated rings. The van der Waals surface area contributed by atoms with Crippen molar-refractivity contribution in [1.29, 1.82) is 0 Å². The molecular weight excluding hydrogens is 328 g/mol. The van der Waals surface area contributed by atoms with Crippen LogP contribution in [0.25, 0.3) is 44.1 Å². The lowest BCUT2D eigenvalue weighted by molar-refractivity contribution is 1.10. The average molecular weight is 346 g/mol. The van der Waals surface area contributed by atoms with Crippen LogP contribution in [-0.4, -0.2) is 9.97 Å². The van der Waals surface area contributed by atoms with Crippen molar-refractivity contribution < 1.29 is 0 Å². The van der Waals surface area contributed by atoms with Crippen LogP contribution in [0.2, 0.25) is 0 Å². The molecule has 1 heterocycles. The summed E-state index contributed by atoms with van der Waals surface area (Å²) in [5, 5.41) is 3.52. The third-order valence-corrected chi connectivity index (χ3v) is 4.95. The van der Waals surface area contributed by atoms with E-state index in [-0.39, 0.29) is 0 Å². The number of aromatic nitrogens is 2. The lowest BCUT2D eigenvalue weighted by Crippen LogP contribution is -1.96. The molecule has 0 aliphatic heterocycles. The van der Waals surface area contributed by atoms with Crippen molar-refractivity contribution in [2.45, 2.75) is 6.92 Å². The van der Waals surface area contributed by atoms with Crippen molar-refractivity contribution in [1.82, 2.24) is 9.97 Å². The highest BCUT2D eigenvalue weighted by atomic mass is 14.9. The van der Waals surface area contributed by atoms with Gasteiger partial charge in [0.25, 0.3) is 0 Å². The predicted octanol–water partition coefficient (Wildman–Crippen LogP) is 6.43. The van der Waals surface area contributed by atoms with Crippen LogP contribution in [0.3, 0.4) is 0 Å². The predicted molar refractivity (Wildman–Crippen MR) is 113 cm³/mol. The van der Waals surface area contributed by atoms with Crippen molar-refractivity contribution in [3.05, 3.63) is 96.8 Å². The zero-order valence-corrected chi connectivity index (χ0v) is 15.1. The fourth-order valence-electron chi connectivity index (χ4n) is 3.78. The second kappa shape index (κ2) is 6.33. The Balaban J connectivity index is 1.95. The largest absolute Gasteiger partial charge is 0.233 e. The zero-order valence-electron chi connectivity index (χ0n) is 15.1. The molecule has 0 unspecified atom stereocenters. The van der Waals surface area contributed by atoms with Crippen LogP contribution in [0.5, 0.6) is 0 Å². The number of nitrogens with zero attached hydrogens (tertiary/aromatic N) is 2. The lowest BCUT2D eigenvalue weighted by Gasteiger charge is -2.14. The minimum atomic E-state index is 0.788. The van der Waals surface area contributed by atoms with Gasteiger partial charge in [-0.05, 0) is 34.9 Å². The average Bonchev–Trinajstić information content (AvgIpc) is 2.73. The Labute approximate surface area is 158 Å². The minimum absolute atomic E-state index is 0.788. The SMILES string of the molecule is Cc1nc(-c2ccccc2)c2c(cc(-c3ccccc3)c3ccccc32)n1. The van der Waals surface area contributed by atoms with Gasteiger partial charge in [0.2, 0.25) is 0 Å². The van der Waals surface area contributed by atoms with E-state index in [1.807, 2.05) is 19.1 Å². The molecule has 2 nitrogen and oxygen atoms in total. The number of hydrogen-bond acceptors (Lipinski definition) is 2. The molecule has 4 aromatic carbocycles. The number of rotatable bonds is 2. The molecule has 0 saturated carbocycles. The molecule has 27 heavy (non-hydrogen) atoms. The molecular formula is C25H18N2. The molecule has 0 aliphatic carbocycles. The van der Waals surface area contributed by atoms with E-state index in [0.29, 0.717) is 0 Å². The molecule has 0 amide bonds. The van der Waals surface area contributed by atoms with E-state index in [1.165, 1.54) is 21.9 Å². The fourth-order valence-corrected chi connectivity index (χ4v) is 3.78. The second-order valence-electron chi connectivity index (χ2n) is 6.72. The maximum absolute atomic E-state index is 4.81. The monoisotopic (exact) mass is 346 g/mol. The van der Waals surface area contributed by atoms with Crippen LogP contribution in [0.4, 0.5) is 0 Å². The Kier molecular flexibility index (Phi) is 3.68. The summed E-state index contributed by atoms with van der Waals surface area (Å²) in [4.78, 5) is 9.60. The molecule has 128 valence electrons. The maximum Gasteiger partial charge on any atom is 0.126 e. The van der Waals surface area contributed by atoms with E-state index >= 15 is 0 Å². The molecule has 0 aliphatic rings. The molecule has 0 atom stereocenters. The highest BCUT2D eigenvalue weighted by Crippen LogP contribution is 2.38. The van der Waals surface area contributed by atoms with Crippen LogP contribution in [0.1, 0.15) is 5.82 Å². The van der Waals surface area contributed by atoms with Crippen LogP contribution in [-0.2, 0) is 0 Å². The van der Waals surface area contributed by atoms with Gasteiger partial charge in [-0.3, -0.25) is 0 Å². The summed E-state index contributed by atoms with van der Waals surface area (Å²) in [6, 6.07) is 31.6. The number of benzene rings is 4. The van der Waals surface area contributed by atoms with Crippen molar-refractivity contribution >= 4 is 21.7 Å². The first-order chi connectivity index (χ1) is 13.3. The normalized spacial score (nSPS) is 11.1. The summed E-state index contributed by atoms with van der Waals surface area (Å²) in [5.41, 5.74) is 5.50. The molecule has 1 aromatic heterocycles. The summed E-state index contributed by atoms with van der Waals surface area (Å²) >= 11 is 0. The van der Waals surface area contributed by atoms with Crippen molar-refractivity contribution in [2.75, 3.05) is 0 Å². The van der Waals surface area contributed by atoms with E-state index < -0.39 is 0 Å². The van der Waals surface area contributed by atoms with E-state index in [0.717, 1.165) is 28.0 Å². The van der Waals surface area contributed by atoms with Crippen LogP contribution >= 0.6 is 0 Å². The summed E-state index contributed by atoms with van der Waals surface area (Å²) < 4.78 is 0. The van der Waals surface area contributed by atoms with Crippen LogP contribution < -0.4 is 0 Å². The van der Waals surface area contributed by atoms with Gasteiger partial charge in [0, 0.05) is 10.9 Å². The Hall–Kier alpha value is -3.52. The molecule has 0 N–H and O–H groups in total. The Morgan fingerprint density at radius 1 is 0.593 bits per heavy atom. The summed E-state index contributed by atoms with van der Waals surface area (Å²) in [5.74, 6) is 0.788. The van der Waals surface area contributed by atoms with E-state index in [4.69, 9.17) is 9.97 Å². The first kappa shape index (κ1) is 15.7. The number of hydrogen-bond donors (Lipinski definition) is 0. The van der Waals surface area contributed by atoms with Gasteiger partial charge in [0.05, 0.1) is 11.2 Å². The van der Waals surface area contributed by atoms with Crippen LogP contribution in [0, 0.1) is 6.92 Å². The fraction of sp³-hybridized carbons (Fsp3) is 0.0400. The quantitative estimate of drug-likeness (QED) is 0.344. The van der Waals surface area contributed by atoms with E-state index in [1.54, 1.807) is 0 Å². The highest BCUT2D eigenvalue weighted by molar-refractivity contribution is 6.16. The Morgan fingerprint density at radius 3 is 1.89 bits per heavy atom. The molecule has 0 bridgehead atoms. The molecule has 2 heteroatoms. The van der Waals surface area contributed by atoms with Gasteiger partial charge >= 0.3 is 0 Å². The first-order valence-corrected chi connectivity index (χ1v) is 9.12. The van der Waals surface area contributed by atoms with Gasteiger partial charge in [-0.15, -0.1) is 0 Å². The molecule has 0 saturated heterocycles. The number of fused-ring (bicyclic) bond motifs is 3. The molecule has 5 aromatic rings. The van der Waals surface area contributed by atoms with Gasteiger partial charge in [-0.1, -0.05) is 84.9 Å². The van der Waals surface area contributed by atoms with E-state index in [9.17, 15) is 0 Å². The molecule has 5 rings (SSSR count). The third kappa shape index (κ3) is 2.67. The highest BCUT2D eigenvalue weighted by Gasteiger charge is 2.15. The Morgan fingerprint density at radius 2 is 1.19 bits per heavy atom. The smallest absolute Gasteiger partial charge is 0.126 e. The third-order valence-electron chi connectivity index (χ3n) is 4.95. The number of aryl methyl sites for hydroxylation is 1. The first-order valence-electron chi connectivity index (χ1n) is 9.12.